The first kappa shape index (κ1) is 17.1. The maximum absolute atomic E-state index is 13.1. The summed E-state index contributed by atoms with van der Waals surface area (Å²) in [6.45, 7) is 2.40. The van der Waals surface area contributed by atoms with Crippen molar-refractivity contribution >= 4 is 16.9 Å². The number of ether oxygens (including phenoxy) is 2. The molecule has 4 rings (SSSR count). The highest BCUT2D eigenvalue weighted by atomic mass is 16.5. The quantitative estimate of drug-likeness (QED) is 0.709. The Labute approximate surface area is 155 Å². The Morgan fingerprint density at radius 1 is 1.11 bits per heavy atom. The van der Waals surface area contributed by atoms with E-state index in [1.165, 1.54) is 4.90 Å². The monoisotopic (exact) mass is 365 g/mol. The highest BCUT2D eigenvalue weighted by molar-refractivity contribution is 5.98. The van der Waals surface area contributed by atoms with Gasteiger partial charge in [-0.05, 0) is 36.8 Å². The van der Waals surface area contributed by atoms with Crippen molar-refractivity contribution in [2.75, 3.05) is 20.8 Å². The molecule has 1 aromatic heterocycles. The number of rotatable bonds is 4. The molecule has 0 N–H and O–H groups in total. The van der Waals surface area contributed by atoms with E-state index in [4.69, 9.17) is 13.9 Å². The van der Waals surface area contributed by atoms with Crippen LogP contribution in [0.1, 0.15) is 34.6 Å². The van der Waals surface area contributed by atoms with Gasteiger partial charge in [-0.15, -0.1) is 0 Å². The molecule has 0 spiro atoms. The molecule has 2 heterocycles. The fraction of sp³-hybridized carbons (Fsp3) is 0.238. The summed E-state index contributed by atoms with van der Waals surface area (Å²) < 4.78 is 16.8. The van der Waals surface area contributed by atoms with Crippen LogP contribution in [0.4, 0.5) is 0 Å². The van der Waals surface area contributed by atoms with E-state index >= 15 is 0 Å². The summed E-state index contributed by atoms with van der Waals surface area (Å²) in [4.78, 5) is 27.4. The molecule has 1 amide bonds. The number of para-hydroxylation sites is 1. The normalized spacial score (nSPS) is 15.9. The topological polar surface area (TPSA) is 69.0 Å². The second-order valence-electron chi connectivity index (χ2n) is 6.33. The minimum absolute atomic E-state index is 0.0963. The third-order valence-electron chi connectivity index (χ3n) is 4.81. The smallest absolute Gasteiger partial charge is 0.290 e. The Hall–Kier alpha value is -3.28. The van der Waals surface area contributed by atoms with Crippen LogP contribution in [0, 0.1) is 0 Å². The Bertz CT molecular complexity index is 1100. The zero-order chi connectivity index (χ0) is 19.1. The van der Waals surface area contributed by atoms with Crippen molar-refractivity contribution in [1.29, 1.82) is 0 Å². The van der Waals surface area contributed by atoms with Gasteiger partial charge in [0, 0.05) is 7.05 Å². The Morgan fingerprint density at radius 2 is 1.89 bits per heavy atom. The first-order valence-corrected chi connectivity index (χ1v) is 8.70. The molecule has 0 fully saturated rings. The van der Waals surface area contributed by atoms with Crippen LogP contribution in [0.15, 0.2) is 51.7 Å². The van der Waals surface area contributed by atoms with E-state index in [-0.39, 0.29) is 17.1 Å². The van der Waals surface area contributed by atoms with Gasteiger partial charge in [-0.2, -0.15) is 0 Å². The van der Waals surface area contributed by atoms with Crippen molar-refractivity contribution in [2.24, 2.45) is 0 Å². The van der Waals surface area contributed by atoms with Gasteiger partial charge in [0.15, 0.2) is 16.9 Å². The minimum Gasteiger partial charge on any atom is -0.493 e. The van der Waals surface area contributed by atoms with Crippen LogP contribution in [-0.2, 0) is 0 Å². The second-order valence-corrected chi connectivity index (χ2v) is 6.33. The van der Waals surface area contributed by atoms with Crippen molar-refractivity contribution in [3.63, 3.8) is 0 Å². The summed E-state index contributed by atoms with van der Waals surface area (Å²) in [5.41, 5.74) is 1.33. The van der Waals surface area contributed by atoms with Crippen molar-refractivity contribution in [3.05, 3.63) is 69.6 Å². The number of amides is 1. The summed E-state index contributed by atoms with van der Waals surface area (Å²) in [6.07, 6.45) is 0. The lowest BCUT2D eigenvalue weighted by Gasteiger charge is -2.21. The third kappa shape index (κ3) is 2.56. The number of hydrogen-bond acceptors (Lipinski definition) is 5. The largest absolute Gasteiger partial charge is 0.493 e. The Kier molecular flexibility index (Phi) is 4.11. The van der Waals surface area contributed by atoms with Crippen LogP contribution >= 0.6 is 0 Å². The molecule has 6 nitrogen and oxygen atoms in total. The summed E-state index contributed by atoms with van der Waals surface area (Å²) in [5.74, 6) is 0.945. The van der Waals surface area contributed by atoms with Crippen LogP contribution in [-0.4, -0.2) is 31.6 Å². The number of carbonyl (C=O) groups is 1. The van der Waals surface area contributed by atoms with Crippen molar-refractivity contribution in [2.45, 2.75) is 13.0 Å². The molecule has 138 valence electrons. The van der Waals surface area contributed by atoms with E-state index < -0.39 is 6.04 Å². The van der Waals surface area contributed by atoms with Gasteiger partial charge in [0.05, 0.1) is 30.7 Å². The molecular formula is C21H19NO5. The molecule has 27 heavy (non-hydrogen) atoms. The number of carbonyl (C=O) groups excluding carboxylic acids is 1. The fourth-order valence-electron chi connectivity index (χ4n) is 3.55. The lowest BCUT2D eigenvalue weighted by molar-refractivity contribution is 0.0771. The summed E-state index contributed by atoms with van der Waals surface area (Å²) in [5, 5.41) is 0.460. The van der Waals surface area contributed by atoms with E-state index in [0.29, 0.717) is 34.6 Å². The van der Waals surface area contributed by atoms with E-state index in [9.17, 15) is 9.59 Å². The van der Waals surface area contributed by atoms with Crippen LogP contribution in [0.3, 0.4) is 0 Å². The molecule has 0 saturated heterocycles. The molecule has 0 aliphatic carbocycles. The van der Waals surface area contributed by atoms with E-state index in [2.05, 4.69) is 0 Å². The molecule has 0 saturated carbocycles. The predicted octanol–water partition coefficient (Wildman–Crippen LogP) is 3.38. The molecule has 6 heteroatoms. The lowest BCUT2D eigenvalue weighted by atomic mass is 9.98. The highest BCUT2D eigenvalue weighted by Crippen LogP contribution is 2.39. The molecule has 1 aliphatic heterocycles. The highest BCUT2D eigenvalue weighted by Gasteiger charge is 2.40. The first-order valence-electron chi connectivity index (χ1n) is 8.70. The van der Waals surface area contributed by atoms with Crippen molar-refractivity contribution < 1.29 is 18.7 Å². The average Bonchev–Trinajstić information content (AvgIpc) is 2.94. The Morgan fingerprint density at radius 3 is 2.63 bits per heavy atom. The fourth-order valence-corrected chi connectivity index (χ4v) is 3.55. The van der Waals surface area contributed by atoms with E-state index in [1.54, 1.807) is 50.6 Å². The molecule has 0 bridgehead atoms. The zero-order valence-corrected chi connectivity index (χ0v) is 15.3. The molecule has 1 atom stereocenters. The van der Waals surface area contributed by atoms with Gasteiger partial charge in [-0.3, -0.25) is 9.59 Å². The first-order chi connectivity index (χ1) is 13.1. The van der Waals surface area contributed by atoms with Crippen LogP contribution in [0.5, 0.6) is 11.5 Å². The number of nitrogens with zero attached hydrogens (tertiary/aromatic N) is 1. The molecule has 0 radical (unpaired) electrons. The van der Waals surface area contributed by atoms with Gasteiger partial charge >= 0.3 is 0 Å². The predicted molar refractivity (Wildman–Crippen MR) is 101 cm³/mol. The summed E-state index contributed by atoms with van der Waals surface area (Å²) in [7, 11) is 3.22. The standard InChI is InChI=1S/C21H19NO5/c1-4-26-15-10-9-12(11-16(15)25-3)18-17-19(23)13-7-5-6-8-14(13)27-20(17)21(24)22(18)2/h5-11,18H,4H2,1-3H3. The maximum Gasteiger partial charge on any atom is 0.290 e. The van der Waals surface area contributed by atoms with E-state index in [0.717, 1.165) is 5.56 Å². The van der Waals surface area contributed by atoms with Crippen LogP contribution < -0.4 is 14.9 Å². The summed E-state index contributed by atoms with van der Waals surface area (Å²) in [6, 6.07) is 11.8. The number of fused-ring (bicyclic) bond motifs is 2. The van der Waals surface area contributed by atoms with Gasteiger partial charge in [0.25, 0.3) is 5.91 Å². The van der Waals surface area contributed by atoms with Crippen molar-refractivity contribution in [1.82, 2.24) is 4.90 Å². The second kappa shape index (κ2) is 6.46. The average molecular weight is 365 g/mol. The number of benzene rings is 2. The Balaban J connectivity index is 1.93. The minimum atomic E-state index is -0.544. The van der Waals surface area contributed by atoms with Gasteiger partial charge in [-0.1, -0.05) is 18.2 Å². The van der Waals surface area contributed by atoms with Crippen LogP contribution in [0.2, 0.25) is 0 Å². The van der Waals surface area contributed by atoms with Gasteiger partial charge < -0.3 is 18.8 Å². The van der Waals surface area contributed by atoms with Crippen molar-refractivity contribution in [3.8, 4) is 11.5 Å². The van der Waals surface area contributed by atoms with Gasteiger partial charge in [0.2, 0.25) is 5.76 Å². The molecular weight excluding hydrogens is 346 g/mol. The van der Waals surface area contributed by atoms with Gasteiger partial charge in [-0.25, -0.2) is 0 Å². The van der Waals surface area contributed by atoms with Crippen LogP contribution in [0.25, 0.3) is 11.0 Å². The SMILES string of the molecule is CCOc1ccc(C2c3c(oc4ccccc4c3=O)C(=O)N2C)cc1OC. The molecule has 1 aliphatic rings. The molecule has 1 unspecified atom stereocenters. The summed E-state index contributed by atoms with van der Waals surface area (Å²) >= 11 is 0. The molecule has 3 aromatic rings. The lowest BCUT2D eigenvalue weighted by Crippen LogP contribution is -2.25. The maximum atomic E-state index is 13.1. The third-order valence-corrected chi connectivity index (χ3v) is 4.81. The number of methoxy groups -OCH3 is 1. The number of hydrogen-bond donors (Lipinski definition) is 0. The van der Waals surface area contributed by atoms with E-state index in [1.807, 2.05) is 13.0 Å². The molecule has 2 aromatic carbocycles. The zero-order valence-electron chi connectivity index (χ0n) is 15.3. The van der Waals surface area contributed by atoms with Gasteiger partial charge in [0.1, 0.15) is 5.58 Å².